The number of imidazole rings is 1. The van der Waals surface area contributed by atoms with E-state index in [1.165, 1.54) is 48.7 Å². The first-order valence-corrected chi connectivity index (χ1v) is 15.8. The lowest BCUT2D eigenvalue weighted by atomic mass is 10.1. The minimum atomic E-state index is -0.148. The molecule has 1 N–H and O–H groups in total. The minimum Gasteiger partial charge on any atom is -0.369 e. The van der Waals surface area contributed by atoms with E-state index in [1.54, 1.807) is 6.92 Å². The van der Waals surface area contributed by atoms with Gasteiger partial charge in [-0.25, -0.2) is 9.37 Å². The molecule has 230 valence electrons. The molecule has 1 saturated carbocycles. The van der Waals surface area contributed by atoms with Gasteiger partial charge in [0.2, 0.25) is 0 Å². The van der Waals surface area contributed by atoms with Gasteiger partial charge in [-0.05, 0) is 51.7 Å². The number of hydrogen-bond donors (Lipinski definition) is 1. The summed E-state index contributed by atoms with van der Waals surface area (Å²) in [5.41, 5.74) is 6.39. The Balaban J connectivity index is 0.000000304. The fraction of sp³-hybridized carbons (Fsp3) is 0.618. The van der Waals surface area contributed by atoms with E-state index in [0.717, 1.165) is 69.5 Å². The largest absolute Gasteiger partial charge is 0.369 e. The van der Waals surface area contributed by atoms with E-state index >= 15 is 0 Å². The van der Waals surface area contributed by atoms with Crippen LogP contribution in [0.3, 0.4) is 0 Å². The van der Waals surface area contributed by atoms with Crippen molar-refractivity contribution >= 4 is 17.1 Å². The molecule has 6 nitrogen and oxygen atoms in total. The molecule has 0 atom stereocenters. The third kappa shape index (κ3) is 14.1. The number of nitrogens with zero attached hydrogens (tertiary/aromatic N) is 4. The van der Waals surface area contributed by atoms with Gasteiger partial charge in [0.1, 0.15) is 17.2 Å². The Kier molecular flexibility index (Phi) is 18.5. The molecule has 3 aromatic rings. The number of ketones is 1. The first kappa shape index (κ1) is 36.2. The molecule has 2 aliphatic rings. The summed E-state index contributed by atoms with van der Waals surface area (Å²) in [5.74, 6) is 0.141. The summed E-state index contributed by atoms with van der Waals surface area (Å²) in [6, 6.07) is 3.67. The number of aromatic nitrogens is 3. The summed E-state index contributed by atoms with van der Waals surface area (Å²) in [6.45, 7) is 20.3. The van der Waals surface area contributed by atoms with Crippen LogP contribution in [0.4, 0.5) is 10.1 Å². The molecule has 0 unspecified atom stereocenters. The number of piperazine rings is 1. The van der Waals surface area contributed by atoms with Crippen LogP contribution in [0.15, 0.2) is 30.7 Å². The normalized spacial score (nSPS) is 13.3. The highest BCUT2D eigenvalue weighted by Gasteiger charge is 2.15. The quantitative estimate of drug-likeness (QED) is 0.312. The Hall–Kier alpha value is -2.80. The summed E-state index contributed by atoms with van der Waals surface area (Å²) in [6.07, 6.45) is 15.9. The number of Topliss-reactive ketones (excluding diaryl/α,β-unsaturated/α-hetero) is 1. The molecule has 0 amide bonds. The molecule has 3 aromatic heterocycles. The Morgan fingerprint density at radius 3 is 2.12 bits per heavy atom. The minimum absolute atomic E-state index is 0.148. The van der Waals surface area contributed by atoms with Gasteiger partial charge in [-0.1, -0.05) is 66.7 Å². The standard InChI is InChI=1S/C13H21N3.C11H13FN2.C5H10O.C3H6.C2H6/c1-3-4-12-11(2)15-6-5-13(12)16-9-7-14-8-10-16;1-3-4-9-7-14-6-8(2)13-11(14)5-10(9)12;1-3-4-5(2)6;1-2-3-1;1-2/h5-6,14H,3-4,7-10H2,1-2H3;5-7H,3-4H2,1-2H3;3-4H2,1-2H3;1-3H2;1-2H3. The SMILES string of the molecule is C1CC1.CC.CCCC(C)=O.CCCc1c(N2CCNCC2)ccnc1C.CCCc1cn2cc(C)nc2cc1F. The van der Waals surface area contributed by atoms with Crippen molar-refractivity contribution in [2.45, 2.75) is 113 Å². The highest BCUT2D eigenvalue weighted by Crippen LogP contribution is 2.24. The predicted molar refractivity (Wildman–Crippen MR) is 173 cm³/mol. The highest BCUT2D eigenvalue weighted by atomic mass is 19.1. The van der Waals surface area contributed by atoms with Crippen molar-refractivity contribution in [2.75, 3.05) is 31.1 Å². The maximum absolute atomic E-state index is 13.5. The number of halogens is 1. The first-order valence-electron chi connectivity index (χ1n) is 15.8. The number of hydrogen-bond acceptors (Lipinski definition) is 5. The van der Waals surface area contributed by atoms with Crippen molar-refractivity contribution < 1.29 is 9.18 Å². The van der Waals surface area contributed by atoms with Crippen LogP contribution in [-0.2, 0) is 17.6 Å². The molecule has 7 heteroatoms. The average Bonchev–Trinajstić information content (AvgIpc) is 3.81. The van der Waals surface area contributed by atoms with Crippen LogP contribution in [-0.4, -0.2) is 46.3 Å². The van der Waals surface area contributed by atoms with Crippen LogP contribution in [0, 0.1) is 19.7 Å². The topological polar surface area (TPSA) is 62.5 Å². The summed E-state index contributed by atoms with van der Waals surface area (Å²) in [7, 11) is 0. The number of carbonyl (C=O) groups excluding carboxylic acids is 1. The molecule has 1 saturated heterocycles. The average molecular weight is 570 g/mol. The van der Waals surface area contributed by atoms with Gasteiger partial charge in [-0.2, -0.15) is 0 Å². The fourth-order valence-electron chi connectivity index (χ4n) is 4.33. The van der Waals surface area contributed by atoms with E-state index in [0.29, 0.717) is 5.65 Å². The van der Waals surface area contributed by atoms with Crippen LogP contribution in [0.5, 0.6) is 0 Å². The van der Waals surface area contributed by atoms with Crippen LogP contribution in [0.25, 0.3) is 5.65 Å². The molecule has 2 fully saturated rings. The molecule has 4 heterocycles. The Morgan fingerprint density at radius 1 is 0.976 bits per heavy atom. The molecule has 1 aliphatic carbocycles. The maximum Gasteiger partial charge on any atom is 0.139 e. The summed E-state index contributed by atoms with van der Waals surface area (Å²) < 4.78 is 15.3. The lowest BCUT2D eigenvalue weighted by Gasteiger charge is -2.31. The zero-order valence-corrected chi connectivity index (χ0v) is 27.2. The van der Waals surface area contributed by atoms with E-state index < -0.39 is 0 Å². The number of fused-ring (bicyclic) bond motifs is 1. The van der Waals surface area contributed by atoms with Crippen molar-refractivity contribution in [1.82, 2.24) is 19.7 Å². The Bertz CT molecular complexity index is 1130. The lowest BCUT2D eigenvalue weighted by molar-refractivity contribution is -0.117. The number of pyridine rings is 2. The maximum atomic E-state index is 13.5. The first-order chi connectivity index (χ1) is 19.8. The lowest BCUT2D eigenvalue weighted by Crippen LogP contribution is -2.44. The Labute approximate surface area is 249 Å². The molecule has 0 radical (unpaired) electrons. The van der Waals surface area contributed by atoms with Gasteiger partial charge in [-0.15, -0.1) is 0 Å². The van der Waals surface area contributed by atoms with E-state index in [4.69, 9.17) is 0 Å². The van der Waals surface area contributed by atoms with Crippen molar-refractivity contribution in [3.05, 3.63) is 59.1 Å². The van der Waals surface area contributed by atoms with E-state index in [1.807, 2.05) is 57.6 Å². The number of aryl methyl sites for hydroxylation is 3. The van der Waals surface area contributed by atoms with E-state index in [9.17, 15) is 9.18 Å². The van der Waals surface area contributed by atoms with Gasteiger partial charge in [-0.3, -0.25) is 4.98 Å². The summed E-state index contributed by atoms with van der Waals surface area (Å²) >= 11 is 0. The summed E-state index contributed by atoms with van der Waals surface area (Å²) in [4.78, 5) is 21.1. The predicted octanol–water partition coefficient (Wildman–Crippen LogP) is 8.06. The number of nitrogens with one attached hydrogen (secondary N) is 1. The number of anilines is 1. The fourth-order valence-corrected chi connectivity index (χ4v) is 4.33. The Morgan fingerprint density at radius 2 is 1.61 bits per heavy atom. The van der Waals surface area contributed by atoms with Crippen LogP contribution in [0.1, 0.15) is 109 Å². The second-order valence-corrected chi connectivity index (χ2v) is 10.4. The van der Waals surface area contributed by atoms with E-state index in [-0.39, 0.29) is 11.6 Å². The van der Waals surface area contributed by atoms with Crippen LogP contribution in [0.2, 0.25) is 0 Å². The zero-order valence-electron chi connectivity index (χ0n) is 27.2. The van der Waals surface area contributed by atoms with Crippen molar-refractivity contribution in [3.63, 3.8) is 0 Å². The van der Waals surface area contributed by atoms with Crippen LogP contribution < -0.4 is 10.2 Å². The molecular formula is C34H56FN5O. The third-order valence-electron chi connectivity index (χ3n) is 6.42. The van der Waals surface area contributed by atoms with Crippen LogP contribution >= 0.6 is 0 Å². The van der Waals surface area contributed by atoms with Crippen molar-refractivity contribution in [2.24, 2.45) is 0 Å². The number of carbonyl (C=O) groups is 1. The third-order valence-corrected chi connectivity index (χ3v) is 6.42. The van der Waals surface area contributed by atoms with Gasteiger partial charge >= 0.3 is 0 Å². The van der Waals surface area contributed by atoms with Gasteiger partial charge in [0, 0.05) is 74.2 Å². The van der Waals surface area contributed by atoms with Gasteiger partial charge in [0.15, 0.2) is 0 Å². The smallest absolute Gasteiger partial charge is 0.139 e. The molecule has 5 rings (SSSR count). The molecular weight excluding hydrogens is 513 g/mol. The molecule has 0 aromatic carbocycles. The van der Waals surface area contributed by atoms with Crippen molar-refractivity contribution in [1.29, 1.82) is 0 Å². The monoisotopic (exact) mass is 569 g/mol. The van der Waals surface area contributed by atoms with Gasteiger partial charge in [0.25, 0.3) is 0 Å². The summed E-state index contributed by atoms with van der Waals surface area (Å²) in [5, 5.41) is 3.39. The molecule has 0 bridgehead atoms. The van der Waals surface area contributed by atoms with Gasteiger partial charge in [0.05, 0.1) is 5.69 Å². The number of rotatable bonds is 7. The second kappa shape index (κ2) is 21.0. The van der Waals surface area contributed by atoms with Gasteiger partial charge < -0.3 is 19.4 Å². The van der Waals surface area contributed by atoms with Crippen molar-refractivity contribution in [3.8, 4) is 0 Å². The van der Waals surface area contributed by atoms with E-state index in [2.05, 4.69) is 40.1 Å². The zero-order chi connectivity index (χ0) is 30.6. The molecule has 41 heavy (non-hydrogen) atoms. The molecule has 1 aliphatic heterocycles. The highest BCUT2D eigenvalue weighted by molar-refractivity contribution is 5.75. The second-order valence-electron chi connectivity index (χ2n) is 10.4. The molecule has 0 spiro atoms.